The van der Waals surface area contributed by atoms with E-state index in [0.29, 0.717) is 6.61 Å². The van der Waals surface area contributed by atoms with Crippen LogP contribution < -0.4 is 0 Å². The summed E-state index contributed by atoms with van der Waals surface area (Å²) < 4.78 is 0. The lowest BCUT2D eigenvalue weighted by molar-refractivity contribution is 0.273. The standard InChI is InChI=1S/C12H22O/c13-9-5-6-11-10-12(11)7-3-1-2-4-8-12/h11,13H,1-10H2. The zero-order valence-corrected chi connectivity index (χ0v) is 8.60. The molecule has 0 aromatic heterocycles. The lowest BCUT2D eigenvalue weighted by Crippen LogP contribution is -2.02. The van der Waals surface area contributed by atoms with E-state index in [2.05, 4.69) is 0 Å². The molecule has 13 heavy (non-hydrogen) atoms. The molecule has 2 aliphatic carbocycles. The summed E-state index contributed by atoms with van der Waals surface area (Å²) in [4.78, 5) is 0. The van der Waals surface area contributed by atoms with Crippen LogP contribution in [0.2, 0.25) is 0 Å². The Hall–Kier alpha value is -0.0400. The molecule has 1 unspecified atom stereocenters. The molecule has 2 rings (SSSR count). The van der Waals surface area contributed by atoms with E-state index in [0.717, 1.165) is 17.8 Å². The lowest BCUT2D eigenvalue weighted by Gasteiger charge is -2.13. The molecule has 2 aliphatic rings. The molecule has 0 saturated heterocycles. The fourth-order valence-electron chi connectivity index (χ4n) is 3.22. The first-order valence-electron chi connectivity index (χ1n) is 5.98. The van der Waals surface area contributed by atoms with Gasteiger partial charge in [0.15, 0.2) is 0 Å². The number of aliphatic hydroxyl groups excluding tert-OH is 1. The molecule has 1 heteroatoms. The average molecular weight is 182 g/mol. The minimum Gasteiger partial charge on any atom is -0.396 e. The summed E-state index contributed by atoms with van der Waals surface area (Å²) in [6.07, 6.45) is 12.6. The molecule has 76 valence electrons. The highest BCUT2D eigenvalue weighted by Gasteiger charge is 2.51. The Labute approximate surface area is 81.5 Å². The summed E-state index contributed by atoms with van der Waals surface area (Å²) >= 11 is 0. The number of aliphatic hydroxyl groups is 1. The van der Waals surface area contributed by atoms with Gasteiger partial charge in [0.1, 0.15) is 0 Å². The Kier molecular flexibility index (Phi) is 2.92. The van der Waals surface area contributed by atoms with Crippen LogP contribution in [0.4, 0.5) is 0 Å². The van der Waals surface area contributed by atoms with Gasteiger partial charge in [-0.1, -0.05) is 25.7 Å². The van der Waals surface area contributed by atoms with E-state index in [-0.39, 0.29) is 0 Å². The quantitative estimate of drug-likeness (QED) is 0.711. The van der Waals surface area contributed by atoms with Crippen molar-refractivity contribution in [2.24, 2.45) is 11.3 Å². The SMILES string of the molecule is OCCCC1CC12CCCCCC2. The summed E-state index contributed by atoms with van der Waals surface area (Å²) in [5.74, 6) is 0.984. The maximum atomic E-state index is 8.79. The highest BCUT2D eigenvalue weighted by Crippen LogP contribution is 2.62. The summed E-state index contributed by atoms with van der Waals surface area (Å²) in [5, 5.41) is 8.79. The van der Waals surface area contributed by atoms with Crippen LogP contribution in [0.3, 0.4) is 0 Å². The maximum absolute atomic E-state index is 8.79. The third-order valence-corrected chi connectivity index (χ3v) is 4.17. The molecule has 1 spiro atoms. The van der Waals surface area contributed by atoms with E-state index in [1.807, 2.05) is 0 Å². The van der Waals surface area contributed by atoms with Crippen LogP contribution in [0.1, 0.15) is 57.8 Å². The van der Waals surface area contributed by atoms with Gasteiger partial charge in [0.2, 0.25) is 0 Å². The average Bonchev–Trinajstić information content (AvgIpc) is 2.88. The van der Waals surface area contributed by atoms with Gasteiger partial charge in [-0.05, 0) is 43.4 Å². The van der Waals surface area contributed by atoms with Gasteiger partial charge in [0.25, 0.3) is 0 Å². The van der Waals surface area contributed by atoms with Crippen LogP contribution in [0.25, 0.3) is 0 Å². The molecule has 1 N–H and O–H groups in total. The van der Waals surface area contributed by atoms with Crippen LogP contribution in [0.15, 0.2) is 0 Å². The smallest absolute Gasteiger partial charge is 0.0431 e. The normalized spacial score (nSPS) is 31.6. The monoisotopic (exact) mass is 182 g/mol. The molecule has 2 saturated carbocycles. The van der Waals surface area contributed by atoms with Crippen molar-refractivity contribution in [2.75, 3.05) is 6.61 Å². The molecule has 0 aliphatic heterocycles. The minimum atomic E-state index is 0.395. The van der Waals surface area contributed by atoms with E-state index < -0.39 is 0 Å². The second-order valence-electron chi connectivity index (χ2n) is 5.04. The first kappa shape index (κ1) is 9.51. The third-order valence-electron chi connectivity index (χ3n) is 4.17. The fraction of sp³-hybridized carbons (Fsp3) is 1.00. The number of hydrogen-bond donors (Lipinski definition) is 1. The van der Waals surface area contributed by atoms with Gasteiger partial charge in [-0.2, -0.15) is 0 Å². The van der Waals surface area contributed by atoms with Gasteiger partial charge in [-0.15, -0.1) is 0 Å². The summed E-state index contributed by atoms with van der Waals surface area (Å²) in [6.45, 7) is 0.395. The molecule has 1 atom stereocenters. The number of rotatable bonds is 3. The van der Waals surface area contributed by atoms with Gasteiger partial charge < -0.3 is 5.11 Å². The van der Waals surface area contributed by atoms with Crippen LogP contribution in [0.5, 0.6) is 0 Å². The lowest BCUT2D eigenvalue weighted by atomic mass is 9.92. The molecule has 0 aromatic carbocycles. The Morgan fingerprint density at radius 1 is 1.08 bits per heavy atom. The first-order valence-corrected chi connectivity index (χ1v) is 5.98. The molecule has 1 nitrogen and oxygen atoms in total. The zero-order chi connectivity index (χ0) is 9.15. The van der Waals surface area contributed by atoms with Crippen LogP contribution in [-0.2, 0) is 0 Å². The zero-order valence-electron chi connectivity index (χ0n) is 8.60. The van der Waals surface area contributed by atoms with Crippen LogP contribution >= 0.6 is 0 Å². The molecular weight excluding hydrogens is 160 g/mol. The van der Waals surface area contributed by atoms with Gasteiger partial charge >= 0.3 is 0 Å². The predicted molar refractivity (Wildman–Crippen MR) is 54.6 cm³/mol. The van der Waals surface area contributed by atoms with E-state index in [1.54, 1.807) is 0 Å². The third kappa shape index (κ3) is 2.07. The molecule has 0 radical (unpaired) electrons. The highest BCUT2D eigenvalue weighted by atomic mass is 16.2. The molecule has 0 aromatic rings. The number of hydrogen-bond acceptors (Lipinski definition) is 1. The first-order chi connectivity index (χ1) is 6.37. The second-order valence-corrected chi connectivity index (χ2v) is 5.04. The summed E-state index contributed by atoms with van der Waals surface area (Å²) in [6, 6.07) is 0. The van der Waals surface area contributed by atoms with Crippen molar-refractivity contribution in [1.29, 1.82) is 0 Å². The van der Waals surface area contributed by atoms with Crippen molar-refractivity contribution in [3.63, 3.8) is 0 Å². The van der Waals surface area contributed by atoms with Crippen LogP contribution in [0, 0.1) is 11.3 Å². The van der Waals surface area contributed by atoms with Crippen molar-refractivity contribution in [2.45, 2.75) is 57.8 Å². The van der Waals surface area contributed by atoms with Crippen molar-refractivity contribution in [3.8, 4) is 0 Å². The Bertz CT molecular complexity index is 157. The Morgan fingerprint density at radius 3 is 2.38 bits per heavy atom. The Balaban J connectivity index is 1.78. The Morgan fingerprint density at radius 2 is 1.77 bits per heavy atom. The molecule has 0 bridgehead atoms. The minimum absolute atomic E-state index is 0.395. The van der Waals surface area contributed by atoms with Gasteiger partial charge in [-0.3, -0.25) is 0 Å². The van der Waals surface area contributed by atoms with Gasteiger partial charge in [-0.25, -0.2) is 0 Å². The predicted octanol–water partition coefficient (Wildman–Crippen LogP) is 3.12. The van der Waals surface area contributed by atoms with E-state index in [9.17, 15) is 0 Å². The van der Waals surface area contributed by atoms with E-state index in [4.69, 9.17) is 5.11 Å². The van der Waals surface area contributed by atoms with E-state index in [1.165, 1.54) is 51.4 Å². The summed E-state index contributed by atoms with van der Waals surface area (Å²) in [5.41, 5.74) is 0.770. The van der Waals surface area contributed by atoms with Crippen molar-refractivity contribution < 1.29 is 5.11 Å². The van der Waals surface area contributed by atoms with Crippen molar-refractivity contribution >= 4 is 0 Å². The fourth-order valence-corrected chi connectivity index (χ4v) is 3.22. The molecule has 2 fully saturated rings. The molecule has 0 amide bonds. The highest BCUT2D eigenvalue weighted by molar-refractivity contribution is 5.02. The molecular formula is C12H22O. The second kappa shape index (κ2) is 4.00. The summed E-state index contributed by atoms with van der Waals surface area (Å²) in [7, 11) is 0. The largest absolute Gasteiger partial charge is 0.396 e. The van der Waals surface area contributed by atoms with Crippen molar-refractivity contribution in [3.05, 3.63) is 0 Å². The van der Waals surface area contributed by atoms with Gasteiger partial charge in [0, 0.05) is 6.61 Å². The maximum Gasteiger partial charge on any atom is 0.0431 e. The topological polar surface area (TPSA) is 20.2 Å². The van der Waals surface area contributed by atoms with Crippen LogP contribution in [-0.4, -0.2) is 11.7 Å². The van der Waals surface area contributed by atoms with Gasteiger partial charge in [0.05, 0.1) is 0 Å². The van der Waals surface area contributed by atoms with E-state index >= 15 is 0 Å². The van der Waals surface area contributed by atoms with Crippen molar-refractivity contribution in [1.82, 2.24) is 0 Å². The molecule has 0 heterocycles.